The Labute approximate surface area is 87.0 Å². The first kappa shape index (κ1) is 9.77. The molecule has 0 aliphatic rings. The maximum absolute atomic E-state index is 11.2. The summed E-state index contributed by atoms with van der Waals surface area (Å²) in [5.41, 5.74) is 1.69. The minimum atomic E-state index is -0.375. The number of aryl methyl sites for hydroxylation is 2. The van der Waals surface area contributed by atoms with E-state index in [0.29, 0.717) is 17.6 Å². The zero-order valence-electron chi connectivity index (χ0n) is 8.70. The van der Waals surface area contributed by atoms with Crippen LogP contribution in [0.2, 0.25) is 0 Å². The summed E-state index contributed by atoms with van der Waals surface area (Å²) < 4.78 is 5.13. The predicted molar refractivity (Wildman–Crippen MR) is 58.3 cm³/mol. The third-order valence-electron chi connectivity index (χ3n) is 2.55. The van der Waals surface area contributed by atoms with Gasteiger partial charge in [-0.05, 0) is 31.0 Å². The van der Waals surface area contributed by atoms with Gasteiger partial charge in [0.2, 0.25) is 0 Å². The van der Waals surface area contributed by atoms with Crippen LogP contribution in [0.3, 0.4) is 0 Å². The van der Waals surface area contributed by atoms with Crippen LogP contribution >= 0.6 is 0 Å². The lowest BCUT2D eigenvalue weighted by atomic mass is 10.0. The van der Waals surface area contributed by atoms with E-state index in [2.05, 4.69) is 0 Å². The molecule has 1 N–H and O–H groups in total. The van der Waals surface area contributed by atoms with Gasteiger partial charge in [0, 0.05) is 17.0 Å². The van der Waals surface area contributed by atoms with E-state index in [4.69, 9.17) is 4.42 Å². The van der Waals surface area contributed by atoms with Gasteiger partial charge in [0.25, 0.3) is 0 Å². The lowest BCUT2D eigenvalue weighted by molar-refractivity contribution is 0.465. The van der Waals surface area contributed by atoms with Crippen LogP contribution in [0.15, 0.2) is 27.4 Å². The van der Waals surface area contributed by atoms with Crippen molar-refractivity contribution in [3.8, 4) is 5.75 Å². The van der Waals surface area contributed by atoms with Gasteiger partial charge in [0.1, 0.15) is 11.3 Å². The van der Waals surface area contributed by atoms with Crippen molar-refractivity contribution in [3.05, 3.63) is 39.7 Å². The second kappa shape index (κ2) is 3.42. The Kier molecular flexibility index (Phi) is 2.23. The SMILES string of the molecule is CCc1c(O)ccc2c(C)cc(=O)oc12. The molecular weight excluding hydrogens is 192 g/mol. The number of fused-ring (bicyclic) bond motifs is 1. The number of benzene rings is 1. The summed E-state index contributed by atoms with van der Waals surface area (Å²) in [6.07, 6.45) is 0.634. The van der Waals surface area contributed by atoms with Crippen LogP contribution in [-0.2, 0) is 6.42 Å². The smallest absolute Gasteiger partial charge is 0.336 e. The molecule has 0 saturated heterocycles. The summed E-state index contributed by atoms with van der Waals surface area (Å²) in [6.45, 7) is 3.77. The molecule has 0 amide bonds. The molecule has 1 aromatic heterocycles. The Bertz CT molecular complexity index is 567. The maximum atomic E-state index is 11.2. The van der Waals surface area contributed by atoms with Gasteiger partial charge >= 0.3 is 5.63 Å². The molecule has 2 aromatic rings. The van der Waals surface area contributed by atoms with Crippen LogP contribution in [0.25, 0.3) is 11.0 Å². The first-order valence-electron chi connectivity index (χ1n) is 4.88. The molecule has 1 aromatic carbocycles. The molecule has 0 spiro atoms. The molecule has 0 radical (unpaired) electrons. The van der Waals surface area contributed by atoms with Crippen molar-refractivity contribution in [2.45, 2.75) is 20.3 Å². The van der Waals surface area contributed by atoms with Gasteiger partial charge in [0.05, 0.1) is 0 Å². The third kappa shape index (κ3) is 1.50. The average Bonchev–Trinajstić information content (AvgIpc) is 2.17. The largest absolute Gasteiger partial charge is 0.508 e. The normalized spacial score (nSPS) is 10.8. The van der Waals surface area contributed by atoms with Gasteiger partial charge in [0.15, 0.2) is 0 Å². The van der Waals surface area contributed by atoms with Crippen molar-refractivity contribution in [2.24, 2.45) is 0 Å². The monoisotopic (exact) mass is 204 g/mol. The number of hydrogen-bond acceptors (Lipinski definition) is 3. The zero-order chi connectivity index (χ0) is 11.0. The molecule has 3 heteroatoms. The molecule has 0 saturated carbocycles. The highest BCUT2D eigenvalue weighted by Gasteiger charge is 2.09. The second-order valence-electron chi connectivity index (χ2n) is 3.54. The minimum absolute atomic E-state index is 0.179. The minimum Gasteiger partial charge on any atom is -0.508 e. The van der Waals surface area contributed by atoms with Gasteiger partial charge in [-0.1, -0.05) is 6.92 Å². The number of phenolic OH excluding ortho intramolecular Hbond substituents is 1. The van der Waals surface area contributed by atoms with Crippen LogP contribution in [0.4, 0.5) is 0 Å². The van der Waals surface area contributed by atoms with E-state index in [1.807, 2.05) is 13.8 Å². The first-order valence-corrected chi connectivity index (χ1v) is 4.88. The molecule has 78 valence electrons. The fourth-order valence-electron chi connectivity index (χ4n) is 1.77. The Morgan fingerprint density at radius 3 is 2.80 bits per heavy atom. The molecule has 0 bridgehead atoms. The molecule has 1 heterocycles. The lowest BCUT2D eigenvalue weighted by Gasteiger charge is -2.06. The molecule has 15 heavy (non-hydrogen) atoms. The van der Waals surface area contributed by atoms with E-state index in [1.165, 1.54) is 6.07 Å². The maximum Gasteiger partial charge on any atom is 0.336 e. The van der Waals surface area contributed by atoms with E-state index >= 15 is 0 Å². The van der Waals surface area contributed by atoms with Crippen LogP contribution in [0.5, 0.6) is 5.75 Å². The van der Waals surface area contributed by atoms with E-state index in [1.54, 1.807) is 12.1 Å². The molecule has 0 fully saturated rings. The highest BCUT2D eigenvalue weighted by molar-refractivity contribution is 5.84. The van der Waals surface area contributed by atoms with Crippen molar-refractivity contribution in [2.75, 3.05) is 0 Å². The van der Waals surface area contributed by atoms with E-state index in [0.717, 1.165) is 10.9 Å². The van der Waals surface area contributed by atoms with E-state index in [-0.39, 0.29) is 11.4 Å². The number of aromatic hydroxyl groups is 1. The number of phenols is 1. The quantitative estimate of drug-likeness (QED) is 0.725. The Morgan fingerprint density at radius 2 is 2.13 bits per heavy atom. The number of rotatable bonds is 1. The predicted octanol–water partition coefficient (Wildman–Crippen LogP) is 2.37. The molecule has 0 atom stereocenters. The van der Waals surface area contributed by atoms with Gasteiger partial charge < -0.3 is 9.52 Å². The summed E-state index contributed by atoms with van der Waals surface area (Å²) in [6, 6.07) is 4.86. The van der Waals surface area contributed by atoms with Crippen molar-refractivity contribution in [1.82, 2.24) is 0 Å². The van der Waals surface area contributed by atoms with Crippen LogP contribution < -0.4 is 5.63 Å². The topological polar surface area (TPSA) is 50.4 Å². The van der Waals surface area contributed by atoms with Crippen molar-refractivity contribution in [1.29, 1.82) is 0 Å². The van der Waals surface area contributed by atoms with Gasteiger partial charge in [-0.3, -0.25) is 0 Å². The molecule has 0 unspecified atom stereocenters. The standard InChI is InChI=1S/C12H12O3/c1-3-8-10(13)5-4-9-7(2)6-11(14)15-12(8)9/h4-6,13H,3H2,1-2H3. The first-order chi connectivity index (χ1) is 7.13. The molecule has 3 nitrogen and oxygen atoms in total. The zero-order valence-corrected chi connectivity index (χ0v) is 8.70. The van der Waals surface area contributed by atoms with Crippen molar-refractivity contribution >= 4 is 11.0 Å². The van der Waals surface area contributed by atoms with Crippen LogP contribution in [-0.4, -0.2) is 5.11 Å². The van der Waals surface area contributed by atoms with Crippen LogP contribution in [0.1, 0.15) is 18.1 Å². The molecule has 0 aliphatic carbocycles. The van der Waals surface area contributed by atoms with Crippen molar-refractivity contribution < 1.29 is 9.52 Å². The van der Waals surface area contributed by atoms with E-state index in [9.17, 15) is 9.90 Å². The summed E-state index contributed by atoms with van der Waals surface area (Å²) in [7, 11) is 0. The molecule has 2 rings (SSSR count). The van der Waals surface area contributed by atoms with Crippen LogP contribution in [0, 0.1) is 6.92 Å². The molecule has 0 aliphatic heterocycles. The van der Waals surface area contributed by atoms with Gasteiger partial charge in [-0.15, -0.1) is 0 Å². The van der Waals surface area contributed by atoms with Gasteiger partial charge in [-0.2, -0.15) is 0 Å². The highest BCUT2D eigenvalue weighted by atomic mass is 16.4. The third-order valence-corrected chi connectivity index (χ3v) is 2.55. The average molecular weight is 204 g/mol. The Balaban J connectivity index is 2.97. The summed E-state index contributed by atoms with van der Waals surface area (Å²) >= 11 is 0. The van der Waals surface area contributed by atoms with Gasteiger partial charge in [-0.25, -0.2) is 4.79 Å². The fourth-order valence-corrected chi connectivity index (χ4v) is 1.77. The van der Waals surface area contributed by atoms with E-state index < -0.39 is 0 Å². The summed E-state index contributed by atoms with van der Waals surface area (Å²) in [4.78, 5) is 11.2. The second-order valence-corrected chi connectivity index (χ2v) is 3.54. The lowest BCUT2D eigenvalue weighted by Crippen LogP contribution is -1.99. The Morgan fingerprint density at radius 1 is 1.40 bits per heavy atom. The number of hydrogen-bond donors (Lipinski definition) is 1. The summed E-state index contributed by atoms with van der Waals surface area (Å²) in [5.74, 6) is 0.179. The fraction of sp³-hybridized carbons (Fsp3) is 0.250. The summed E-state index contributed by atoms with van der Waals surface area (Å²) in [5, 5.41) is 10.5. The molecular formula is C12H12O3. The van der Waals surface area contributed by atoms with Crippen molar-refractivity contribution in [3.63, 3.8) is 0 Å². The Hall–Kier alpha value is -1.77. The highest BCUT2D eigenvalue weighted by Crippen LogP contribution is 2.28.